The van der Waals surface area contributed by atoms with Crippen LogP contribution >= 0.6 is 0 Å². The van der Waals surface area contributed by atoms with Crippen LogP contribution in [-0.2, 0) is 17.9 Å². The van der Waals surface area contributed by atoms with Crippen molar-refractivity contribution in [3.05, 3.63) is 41.6 Å². The first-order valence-electron chi connectivity index (χ1n) is 8.77. The van der Waals surface area contributed by atoms with Gasteiger partial charge in [-0.25, -0.2) is 0 Å². The molecular weight excluding hydrogens is 320 g/mol. The van der Waals surface area contributed by atoms with Gasteiger partial charge in [-0.1, -0.05) is 0 Å². The van der Waals surface area contributed by atoms with Crippen LogP contribution in [0.3, 0.4) is 0 Å². The van der Waals surface area contributed by atoms with Crippen molar-refractivity contribution >= 4 is 11.8 Å². The third-order valence-electron chi connectivity index (χ3n) is 5.17. The number of carbonyl (C=O) groups excluding carboxylic acids is 2. The lowest BCUT2D eigenvalue weighted by Gasteiger charge is -2.32. The second kappa shape index (κ2) is 6.38. The number of likely N-dealkylation sites (tertiary alicyclic amines) is 1. The zero-order chi connectivity index (χ0) is 17.4. The van der Waals surface area contributed by atoms with Crippen molar-refractivity contribution in [1.29, 1.82) is 0 Å². The molecule has 0 radical (unpaired) electrons. The van der Waals surface area contributed by atoms with E-state index in [1.165, 1.54) is 0 Å². The van der Waals surface area contributed by atoms with Gasteiger partial charge in [0.1, 0.15) is 0 Å². The van der Waals surface area contributed by atoms with Crippen LogP contribution in [0.1, 0.15) is 41.1 Å². The highest BCUT2D eigenvalue weighted by Gasteiger charge is 2.33. The largest absolute Gasteiger partial charge is 0.459 e. The van der Waals surface area contributed by atoms with Crippen LogP contribution in [0.5, 0.6) is 0 Å². The summed E-state index contributed by atoms with van der Waals surface area (Å²) >= 11 is 0. The molecule has 0 N–H and O–H groups in total. The Morgan fingerprint density at radius 1 is 1.36 bits per heavy atom. The van der Waals surface area contributed by atoms with E-state index in [0.29, 0.717) is 25.3 Å². The highest BCUT2D eigenvalue weighted by molar-refractivity contribution is 5.93. The minimum Gasteiger partial charge on any atom is -0.459 e. The Morgan fingerprint density at radius 2 is 2.24 bits per heavy atom. The molecule has 0 saturated carbocycles. The molecular formula is C18H22N4O3. The van der Waals surface area contributed by atoms with Crippen molar-refractivity contribution in [2.45, 2.75) is 45.3 Å². The predicted octanol–water partition coefficient (Wildman–Crippen LogP) is 1.82. The molecule has 2 aliphatic heterocycles. The van der Waals surface area contributed by atoms with Crippen LogP contribution in [-0.4, -0.2) is 50.5 Å². The average Bonchev–Trinajstić information content (AvgIpc) is 3.29. The smallest absolute Gasteiger partial charge is 0.290 e. The van der Waals surface area contributed by atoms with Crippen LogP contribution in [0.25, 0.3) is 0 Å². The average molecular weight is 342 g/mol. The summed E-state index contributed by atoms with van der Waals surface area (Å²) < 4.78 is 7.38. The molecule has 2 aliphatic rings. The highest BCUT2D eigenvalue weighted by atomic mass is 16.3. The number of rotatable bonds is 3. The summed E-state index contributed by atoms with van der Waals surface area (Å²) in [5.74, 6) is 0.447. The Bertz CT molecular complexity index is 794. The van der Waals surface area contributed by atoms with Crippen molar-refractivity contribution in [2.75, 3.05) is 13.1 Å². The standard InChI is InChI=1S/C18H22N4O3/c1-13-6-10-25-17(13)18(24)21-12-15-4-7-19-22(15)9-5-14(21)11-20-8-2-3-16(20)23/h4,6-7,10,14H,2-3,5,8-9,11-12H2,1H3/t14-/m0/s1. The molecule has 25 heavy (non-hydrogen) atoms. The maximum Gasteiger partial charge on any atom is 0.290 e. The second-order valence-electron chi connectivity index (χ2n) is 6.80. The molecule has 7 heteroatoms. The molecule has 4 rings (SSSR count). The number of aromatic nitrogens is 2. The number of hydrogen-bond acceptors (Lipinski definition) is 4. The zero-order valence-corrected chi connectivity index (χ0v) is 14.4. The first kappa shape index (κ1) is 15.9. The van der Waals surface area contributed by atoms with E-state index < -0.39 is 0 Å². The summed E-state index contributed by atoms with van der Waals surface area (Å²) in [7, 11) is 0. The number of aryl methyl sites for hydroxylation is 2. The van der Waals surface area contributed by atoms with Gasteiger partial charge in [0.2, 0.25) is 5.91 Å². The van der Waals surface area contributed by atoms with Crippen molar-refractivity contribution in [1.82, 2.24) is 19.6 Å². The monoisotopic (exact) mass is 342 g/mol. The molecule has 132 valence electrons. The molecule has 0 aliphatic carbocycles. The lowest BCUT2D eigenvalue weighted by atomic mass is 10.1. The minimum absolute atomic E-state index is 0.0410. The normalized spacial score (nSPS) is 20.7. The topological polar surface area (TPSA) is 71.6 Å². The quantitative estimate of drug-likeness (QED) is 0.853. The molecule has 2 amide bonds. The van der Waals surface area contributed by atoms with Gasteiger partial charge in [0.25, 0.3) is 5.91 Å². The number of amides is 2. The molecule has 4 heterocycles. The minimum atomic E-state index is -0.117. The van der Waals surface area contributed by atoms with Gasteiger partial charge in [-0.3, -0.25) is 14.3 Å². The van der Waals surface area contributed by atoms with E-state index in [4.69, 9.17) is 4.42 Å². The number of hydrogen-bond donors (Lipinski definition) is 0. The fraction of sp³-hybridized carbons (Fsp3) is 0.500. The summed E-state index contributed by atoms with van der Waals surface area (Å²) in [6, 6.07) is 3.70. The molecule has 2 aromatic heterocycles. The molecule has 0 aromatic carbocycles. The second-order valence-corrected chi connectivity index (χ2v) is 6.80. The summed E-state index contributed by atoms with van der Waals surface area (Å²) in [5, 5.41) is 4.35. The maximum atomic E-state index is 13.1. The van der Waals surface area contributed by atoms with Gasteiger partial charge in [0, 0.05) is 37.8 Å². The van der Waals surface area contributed by atoms with Gasteiger partial charge in [-0.2, -0.15) is 5.10 Å². The van der Waals surface area contributed by atoms with Crippen molar-refractivity contribution in [3.63, 3.8) is 0 Å². The predicted molar refractivity (Wildman–Crippen MR) is 89.8 cm³/mol. The Kier molecular flexibility index (Phi) is 4.07. The van der Waals surface area contributed by atoms with E-state index in [2.05, 4.69) is 5.10 Å². The molecule has 7 nitrogen and oxygen atoms in total. The van der Waals surface area contributed by atoms with Gasteiger partial charge in [0.05, 0.1) is 24.5 Å². The zero-order valence-electron chi connectivity index (χ0n) is 14.4. The molecule has 1 saturated heterocycles. The first-order valence-corrected chi connectivity index (χ1v) is 8.77. The molecule has 1 atom stereocenters. The SMILES string of the molecule is Cc1ccoc1C(=O)N1Cc2ccnn2CC[C@H]1CN1CCCC1=O. The molecule has 1 fully saturated rings. The lowest BCUT2D eigenvalue weighted by Crippen LogP contribution is -2.46. The van der Waals surface area contributed by atoms with Crippen LogP contribution < -0.4 is 0 Å². The lowest BCUT2D eigenvalue weighted by molar-refractivity contribution is -0.128. The van der Waals surface area contributed by atoms with Crippen LogP contribution in [0.4, 0.5) is 0 Å². The van der Waals surface area contributed by atoms with Gasteiger partial charge in [-0.15, -0.1) is 0 Å². The Balaban J connectivity index is 1.63. The maximum absolute atomic E-state index is 13.1. The fourth-order valence-corrected chi connectivity index (χ4v) is 3.73. The van der Waals surface area contributed by atoms with Crippen molar-refractivity contribution in [2.24, 2.45) is 0 Å². The summed E-state index contributed by atoms with van der Waals surface area (Å²) in [6.45, 7) is 4.45. The van der Waals surface area contributed by atoms with E-state index in [1.54, 1.807) is 18.5 Å². The molecule has 0 spiro atoms. The van der Waals surface area contributed by atoms with E-state index in [9.17, 15) is 9.59 Å². The number of furan rings is 1. The van der Waals surface area contributed by atoms with Crippen LogP contribution in [0.15, 0.2) is 29.0 Å². The third-order valence-corrected chi connectivity index (χ3v) is 5.17. The Hall–Kier alpha value is -2.57. The molecule has 0 bridgehead atoms. The Morgan fingerprint density at radius 3 is 2.96 bits per heavy atom. The third kappa shape index (κ3) is 2.94. The number of fused-ring (bicyclic) bond motifs is 1. The van der Waals surface area contributed by atoms with Gasteiger partial charge >= 0.3 is 0 Å². The molecule has 0 unspecified atom stereocenters. The van der Waals surface area contributed by atoms with Crippen molar-refractivity contribution < 1.29 is 14.0 Å². The van der Waals surface area contributed by atoms with Crippen molar-refractivity contribution in [3.8, 4) is 0 Å². The number of carbonyl (C=O) groups is 2. The van der Waals surface area contributed by atoms with E-state index in [-0.39, 0.29) is 17.9 Å². The van der Waals surface area contributed by atoms with Gasteiger partial charge in [-0.05, 0) is 31.9 Å². The van der Waals surface area contributed by atoms with E-state index in [0.717, 1.165) is 37.2 Å². The first-order chi connectivity index (χ1) is 12.1. The summed E-state index contributed by atoms with van der Waals surface area (Å²) in [6.07, 6.45) is 5.59. The van der Waals surface area contributed by atoms with Gasteiger partial charge < -0.3 is 14.2 Å². The summed E-state index contributed by atoms with van der Waals surface area (Å²) in [4.78, 5) is 28.9. The fourth-order valence-electron chi connectivity index (χ4n) is 3.73. The highest BCUT2D eigenvalue weighted by Crippen LogP contribution is 2.23. The summed E-state index contributed by atoms with van der Waals surface area (Å²) in [5.41, 5.74) is 1.84. The Labute approximate surface area is 146 Å². The van der Waals surface area contributed by atoms with E-state index in [1.807, 2.05) is 27.5 Å². The van der Waals surface area contributed by atoms with E-state index >= 15 is 0 Å². The van der Waals surface area contributed by atoms with Gasteiger partial charge in [0.15, 0.2) is 5.76 Å². The van der Waals surface area contributed by atoms with Crippen LogP contribution in [0, 0.1) is 6.92 Å². The van der Waals surface area contributed by atoms with Crippen LogP contribution in [0.2, 0.25) is 0 Å². The molecule has 2 aromatic rings. The number of nitrogens with zero attached hydrogens (tertiary/aromatic N) is 4.